The lowest BCUT2D eigenvalue weighted by atomic mass is 10.1. The lowest BCUT2D eigenvalue weighted by molar-refractivity contribution is 0.0956. The summed E-state index contributed by atoms with van der Waals surface area (Å²) < 4.78 is 36.9. The van der Waals surface area contributed by atoms with E-state index < -0.39 is 26.9 Å². The van der Waals surface area contributed by atoms with Gasteiger partial charge in [0.25, 0.3) is 5.91 Å². The number of nitrogens with one attached hydrogen (secondary N) is 2. The van der Waals surface area contributed by atoms with Crippen LogP contribution in [-0.4, -0.2) is 88.3 Å². The third kappa shape index (κ3) is 5.45. The highest BCUT2D eigenvalue weighted by Gasteiger charge is 2.22. The zero-order valence-corrected chi connectivity index (χ0v) is 20.2. The number of nitrogens with zero attached hydrogens (tertiary/aromatic N) is 3. The average molecular weight is 507 g/mol. The van der Waals surface area contributed by atoms with Crippen LogP contribution in [0.1, 0.15) is 10.4 Å². The molecule has 4 rings (SSSR count). The van der Waals surface area contributed by atoms with Crippen molar-refractivity contribution in [3.05, 3.63) is 42.1 Å². The molecule has 1 saturated heterocycles. The number of amides is 1. The van der Waals surface area contributed by atoms with Crippen LogP contribution in [0.5, 0.6) is 5.88 Å². The molecule has 182 valence electrons. The van der Waals surface area contributed by atoms with E-state index in [1.807, 2.05) is 11.4 Å². The average Bonchev–Trinajstić information content (AvgIpc) is 3.13. The van der Waals surface area contributed by atoms with Gasteiger partial charge < -0.3 is 20.3 Å². The van der Waals surface area contributed by atoms with E-state index in [0.717, 1.165) is 13.1 Å². The van der Waals surface area contributed by atoms with Gasteiger partial charge in [-0.3, -0.25) is 9.78 Å². The molecule has 13 heteroatoms. The van der Waals surface area contributed by atoms with E-state index in [-0.39, 0.29) is 23.7 Å². The number of fused-ring (bicyclic) bond motifs is 1. The van der Waals surface area contributed by atoms with E-state index in [9.17, 15) is 22.5 Å². The monoisotopic (exact) mass is 506 g/mol. The van der Waals surface area contributed by atoms with Crippen LogP contribution in [0, 0.1) is 0 Å². The molecule has 1 aromatic carbocycles. The first-order valence-corrected chi connectivity index (χ1v) is 13.4. The Balaban J connectivity index is 1.56. The summed E-state index contributed by atoms with van der Waals surface area (Å²) in [7, 11) is -2.97. The van der Waals surface area contributed by atoms with Crippen molar-refractivity contribution >= 4 is 37.8 Å². The van der Waals surface area contributed by atoms with Gasteiger partial charge in [0.2, 0.25) is 10.0 Å². The largest absolute Gasteiger partial charge is 0.494 e. The molecule has 1 aliphatic heterocycles. The van der Waals surface area contributed by atoms with Crippen LogP contribution in [0.2, 0.25) is 0 Å². The molecule has 3 heterocycles. The molecule has 1 aliphatic rings. The van der Waals surface area contributed by atoms with Crippen molar-refractivity contribution in [2.75, 3.05) is 45.5 Å². The fourth-order valence-corrected chi connectivity index (χ4v) is 5.23. The van der Waals surface area contributed by atoms with E-state index >= 15 is 0 Å². The number of piperazine rings is 1. The first-order chi connectivity index (χ1) is 16.1. The lowest BCUT2D eigenvalue weighted by Gasteiger charge is -2.31. The zero-order valence-electron chi connectivity index (χ0n) is 18.5. The smallest absolute Gasteiger partial charge is 0.251 e. The first-order valence-electron chi connectivity index (χ1n) is 10.6. The fourth-order valence-electron chi connectivity index (χ4n) is 3.72. The van der Waals surface area contributed by atoms with E-state index in [1.54, 1.807) is 30.3 Å². The molecule has 1 amide bonds. The quantitative estimate of drug-likeness (QED) is 0.356. The molecular formula is C21H26N6O5S2. The molecule has 5 N–H and O–H groups in total. The van der Waals surface area contributed by atoms with Gasteiger partial charge in [0.05, 0.1) is 21.9 Å². The van der Waals surface area contributed by atoms with Crippen molar-refractivity contribution in [3.63, 3.8) is 0 Å². The Labute approximate surface area is 199 Å². The predicted octanol–water partition coefficient (Wildman–Crippen LogP) is 0.224. The van der Waals surface area contributed by atoms with Crippen LogP contribution >= 0.6 is 0 Å². The SMILES string of the molecule is CN1CCN(S(=O)c2ccc(-c3c(O)[nH]c4ccc(C(=O)NCCS(N)(=O)=O)cc34)nc2)CC1. The van der Waals surface area contributed by atoms with Crippen molar-refractivity contribution in [1.82, 2.24) is 24.5 Å². The highest BCUT2D eigenvalue weighted by Crippen LogP contribution is 2.36. The van der Waals surface area contributed by atoms with Gasteiger partial charge in [-0.2, -0.15) is 0 Å². The first kappa shape index (κ1) is 24.3. The van der Waals surface area contributed by atoms with Gasteiger partial charge in [-0.15, -0.1) is 0 Å². The third-order valence-electron chi connectivity index (χ3n) is 5.60. The second-order valence-corrected chi connectivity index (χ2v) is 11.3. The second kappa shape index (κ2) is 9.80. The van der Waals surface area contributed by atoms with Crippen LogP contribution < -0.4 is 10.5 Å². The van der Waals surface area contributed by atoms with Gasteiger partial charge in [0.15, 0.2) is 5.88 Å². The lowest BCUT2D eigenvalue weighted by Crippen LogP contribution is -2.45. The van der Waals surface area contributed by atoms with Crippen molar-refractivity contribution < 1.29 is 22.5 Å². The van der Waals surface area contributed by atoms with Gasteiger partial charge in [0, 0.05) is 55.4 Å². The summed E-state index contributed by atoms with van der Waals surface area (Å²) in [5, 5.41) is 18.5. The van der Waals surface area contributed by atoms with Gasteiger partial charge in [-0.05, 0) is 37.4 Å². The molecule has 0 aliphatic carbocycles. The van der Waals surface area contributed by atoms with Crippen LogP contribution in [0.3, 0.4) is 0 Å². The Morgan fingerprint density at radius 3 is 2.62 bits per heavy atom. The molecule has 0 radical (unpaired) electrons. The van der Waals surface area contributed by atoms with E-state index in [0.29, 0.717) is 40.1 Å². The number of carbonyl (C=O) groups is 1. The summed E-state index contributed by atoms with van der Waals surface area (Å²) >= 11 is 0. The Morgan fingerprint density at radius 2 is 1.97 bits per heavy atom. The molecule has 1 fully saturated rings. The van der Waals surface area contributed by atoms with Crippen molar-refractivity contribution in [1.29, 1.82) is 0 Å². The van der Waals surface area contributed by atoms with Crippen LogP contribution in [0.15, 0.2) is 41.4 Å². The third-order valence-corrected chi connectivity index (χ3v) is 7.86. The van der Waals surface area contributed by atoms with Gasteiger partial charge in [-0.25, -0.2) is 22.1 Å². The number of hydrogen-bond donors (Lipinski definition) is 4. The number of rotatable bonds is 7. The number of sulfonamides is 1. The maximum atomic E-state index is 12.9. The number of hydrogen-bond acceptors (Lipinski definition) is 7. The van der Waals surface area contributed by atoms with Gasteiger partial charge in [-0.1, -0.05) is 0 Å². The summed E-state index contributed by atoms with van der Waals surface area (Å²) in [4.78, 5) is 22.5. The maximum absolute atomic E-state index is 12.9. The molecule has 0 spiro atoms. The number of aromatic hydroxyl groups is 1. The number of likely N-dealkylation sites (N-methyl/N-ethyl adjacent to an activating group) is 1. The van der Waals surface area contributed by atoms with E-state index in [4.69, 9.17) is 5.14 Å². The van der Waals surface area contributed by atoms with Crippen LogP contribution in [0.25, 0.3) is 22.2 Å². The summed E-state index contributed by atoms with van der Waals surface area (Å²) in [5.41, 5.74) is 1.75. The Morgan fingerprint density at radius 1 is 1.24 bits per heavy atom. The topological polar surface area (TPSA) is 162 Å². The van der Waals surface area contributed by atoms with Gasteiger partial charge >= 0.3 is 0 Å². The van der Waals surface area contributed by atoms with Crippen molar-refractivity contribution in [2.24, 2.45) is 5.14 Å². The number of pyridine rings is 1. The number of aromatic amines is 1. The summed E-state index contributed by atoms with van der Waals surface area (Å²) in [5.74, 6) is -0.951. The summed E-state index contributed by atoms with van der Waals surface area (Å²) in [6, 6.07) is 8.20. The molecule has 0 bridgehead atoms. The molecule has 0 saturated carbocycles. The van der Waals surface area contributed by atoms with E-state index in [2.05, 4.69) is 20.2 Å². The minimum absolute atomic E-state index is 0.109. The number of primary sulfonamides is 1. The van der Waals surface area contributed by atoms with Gasteiger partial charge in [0.1, 0.15) is 11.0 Å². The molecule has 3 aromatic rings. The maximum Gasteiger partial charge on any atom is 0.251 e. The van der Waals surface area contributed by atoms with Crippen LogP contribution in [0.4, 0.5) is 0 Å². The minimum Gasteiger partial charge on any atom is -0.494 e. The molecule has 34 heavy (non-hydrogen) atoms. The number of aromatic nitrogens is 2. The highest BCUT2D eigenvalue weighted by atomic mass is 32.2. The minimum atomic E-state index is -3.68. The van der Waals surface area contributed by atoms with Crippen LogP contribution in [-0.2, 0) is 21.0 Å². The Hall–Kier alpha value is -2.84. The number of H-pyrrole nitrogens is 1. The zero-order chi connectivity index (χ0) is 24.5. The van der Waals surface area contributed by atoms with E-state index in [1.165, 1.54) is 6.20 Å². The number of benzene rings is 1. The predicted molar refractivity (Wildman–Crippen MR) is 129 cm³/mol. The van der Waals surface area contributed by atoms with Crippen molar-refractivity contribution in [3.8, 4) is 17.1 Å². The number of carbonyl (C=O) groups excluding carboxylic acids is 1. The fraction of sp³-hybridized carbons (Fsp3) is 0.333. The molecular weight excluding hydrogens is 480 g/mol. The molecule has 1 atom stereocenters. The highest BCUT2D eigenvalue weighted by molar-refractivity contribution is 7.89. The van der Waals surface area contributed by atoms with Crippen molar-refractivity contribution in [2.45, 2.75) is 4.90 Å². The molecule has 2 aromatic heterocycles. The summed E-state index contributed by atoms with van der Waals surface area (Å²) in [6.45, 7) is 2.98. The second-order valence-electron chi connectivity index (χ2n) is 8.09. The molecule has 1 unspecified atom stereocenters. The standard InChI is InChI=1S/C21H26N6O5S2/c1-26-7-9-27(10-8-26)33(30)15-3-5-18(24-13-15)19-16-12-14(2-4-17(16)25-21(19)29)20(28)23-6-11-34(22,31)32/h2-5,12-13,25,29H,6-11H2,1H3,(H,23,28)(H2,22,31,32). The number of nitrogens with two attached hydrogens (primary N) is 1. The molecule has 11 nitrogen and oxygen atoms in total. The normalized spacial score (nSPS) is 16.5. The Kier molecular flexibility index (Phi) is 7.00. The Bertz CT molecular complexity index is 1330. The summed E-state index contributed by atoms with van der Waals surface area (Å²) in [6.07, 6.45) is 1.53.